The second-order valence-electron chi connectivity index (χ2n) is 3.69. The number of anilines is 1. The van der Waals surface area contributed by atoms with Crippen molar-refractivity contribution in [3.05, 3.63) is 12.4 Å². The molecule has 0 spiro atoms. The van der Waals surface area contributed by atoms with Gasteiger partial charge in [-0.2, -0.15) is 4.98 Å². The van der Waals surface area contributed by atoms with Crippen LogP contribution >= 0.6 is 11.6 Å². The Labute approximate surface area is 101 Å². The van der Waals surface area contributed by atoms with E-state index in [1.54, 1.807) is 19.5 Å². The number of hydrogen-bond acceptors (Lipinski definition) is 4. The Morgan fingerprint density at radius 1 is 1.38 bits per heavy atom. The van der Waals surface area contributed by atoms with Crippen LogP contribution in [0.4, 0.5) is 5.82 Å². The average Bonchev–Trinajstić information content (AvgIpc) is 2.36. The summed E-state index contributed by atoms with van der Waals surface area (Å²) in [5, 5.41) is 3.33. The molecule has 0 aliphatic carbocycles. The summed E-state index contributed by atoms with van der Waals surface area (Å²) in [5.74, 6) is 1.74. The fraction of sp³-hybridized carbons (Fsp3) is 0.636. The predicted molar refractivity (Wildman–Crippen MR) is 66.2 cm³/mol. The first kappa shape index (κ1) is 13.0. The highest BCUT2D eigenvalue weighted by atomic mass is 35.5. The molecule has 1 aromatic rings. The quantitative estimate of drug-likeness (QED) is 0.781. The van der Waals surface area contributed by atoms with Crippen LogP contribution in [0.5, 0.6) is 5.88 Å². The largest absolute Gasteiger partial charge is 0.480 e. The van der Waals surface area contributed by atoms with Crippen molar-refractivity contribution in [2.75, 3.05) is 18.3 Å². The molecule has 1 rings (SSSR count). The molecule has 0 amide bonds. The minimum Gasteiger partial charge on any atom is -0.480 e. The molecule has 0 saturated heterocycles. The van der Waals surface area contributed by atoms with Crippen molar-refractivity contribution in [2.24, 2.45) is 0 Å². The maximum Gasteiger partial charge on any atom is 0.233 e. The van der Waals surface area contributed by atoms with Crippen molar-refractivity contribution in [1.82, 2.24) is 9.97 Å². The van der Waals surface area contributed by atoms with Crippen LogP contribution < -0.4 is 10.1 Å². The van der Waals surface area contributed by atoms with Gasteiger partial charge in [0.05, 0.1) is 25.0 Å². The number of nitrogens with zero attached hydrogens (tertiary/aromatic N) is 2. The minimum atomic E-state index is -0.122. The van der Waals surface area contributed by atoms with Crippen LogP contribution in [-0.4, -0.2) is 28.5 Å². The predicted octanol–water partition coefficient (Wildman–Crippen LogP) is 2.69. The first-order valence-corrected chi connectivity index (χ1v) is 5.93. The number of alkyl halides is 1. The molecule has 5 heteroatoms. The summed E-state index contributed by atoms with van der Waals surface area (Å²) < 4.78 is 5.02. The van der Waals surface area contributed by atoms with Crippen LogP contribution in [0.25, 0.3) is 0 Å². The lowest BCUT2D eigenvalue weighted by atomic mass is 9.95. The molecule has 0 aromatic carbocycles. The lowest BCUT2D eigenvalue weighted by molar-refractivity contribution is 0.395. The van der Waals surface area contributed by atoms with Gasteiger partial charge in [-0.15, -0.1) is 11.6 Å². The molecule has 90 valence electrons. The molecule has 1 aromatic heterocycles. The molecule has 0 aliphatic heterocycles. The van der Waals surface area contributed by atoms with E-state index < -0.39 is 0 Å². The van der Waals surface area contributed by atoms with Crippen molar-refractivity contribution in [1.29, 1.82) is 0 Å². The Balaban J connectivity index is 2.84. The fourth-order valence-electron chi connectivity index (χ4n) is 1.43. The second-order valence-corrected chi connectivity index (χ2v) is 3.96. The second kappa shape index (κ2) is 5.89. The molecule has 1 heterocycles. The molecule has 0 fully saturated rings. The zero-order chi connectivity index (χ0) is 12.0. The van der Waals surface area contributed by atoms with Gasteiger partial charge in [-0.25, -0.2) is 0 Å². The van der Waals surface area contributed by atoms with Gasteiger partial charge in [0.25, 0.3) is 0 Å². The van der Waals surface area contributed by atoms with Crippen molar-refractivity contribution in [3.8, 4) is 5.88 Å². The van der Waals surface area contributed by atoms with E-state index in [4.69, 9.17) is 16.3 Å². The topological polar surface area (TPSA) is 47.0 Å². The van der Waals surface area contributed by atoms with Crippen LogP contribution in [0.1, 0.15) is 26.7 Å². The Morgan fingerprint density at radius 3 is 2.56 bits per heavy atom. The molecule has 0 saturated carbocycles. The molecule has 0 unspecified atom stereocenters. The number of hydrogen-bond donors (Lipinski definition) is 1. The number of methoxy groups -OCH3 is 1. The van der Waals surface area contributed by atoms with Gasteiger partial charge in [0.1, 0.15) is 5.82 Å². The summed E-state index contributed by atoms with van der Waals surface area (Å²) >= 11 is 6.01. The van der Waals surface area contributed by atoms with E-state index in [0.717, 1.165) is 12.8 Å². The molecule has 4 nitrogen and oxygen atoms in total. The van der Waals surface area contributed by atoms with Crippen LogP contribution in [-0.2, 0) is 0 Å². The Bertz CT molecular complexity index is 320. The lowest BCUT2D eigenvalue weighted by Gasteiger charge is -2.31. The summed E-state index contributed by atoms with van der Waals surface area (Å²) in [6.07, 6.45) is 5.12. The standard InChI is InChI=1S/C11H18ClN3O/c1-4-11(5-2,8-12)15-9-6-13-7-10(14-9)16-3/h6-7H,4-5,8H2,1-3H3,(H,14,15). The first-order chi connectivity index (χ1) is 7.69. The summed E-state index contributed by atoms with van der Waals surface area (Å²) in [4.78, 5) is 8.31. The Hall–Kier alpha value is -1.03. The van der Waals surface area contributed by atoms with Crippen LogP contribution in [0.3, 0.4) is 0 Å². The van der Waals surface area contributed by atoms with Gasteiger partial charge in [0, 0.05) is 5.88 Å². The normalized spacial score (nSPS) is 11.2. The van der Waals surface area contributed by atoms with E-state index in [2.05, 4.69) is 29.1 Å². The van der Waals surface area contributed by atoms with E-state index >= 15 is 0 Å². The van der Waals surface area contributed by atoms with Crippen molar-refractivity contribution in [2.45, 2.75) is 32.2 Å². The minimum absolute atomic E-state index is 0.122. The van der Waals surface area contributed by atoms with E-state index in [9.17, 15) is 0 Å². The van der Waals surface area contributed by atoms with Gasteiger partial charge in [0.15, 0.2) is 0 Å². The number of ether oxygens (including phenoxy) is 1. The van der Waals surface area contributed by atoms with Gasteiger partial charge in [0.2, 0.25) is 5.88 Å². The number of rotatable bonds is 6. The summed E-state index contributed by atoms with van der Waals surface area (Å²) in [6.45, 7) is 4.21. The summed E-state index contributed by atoms with van der Waals surface area (Å²) in [7, 11) is 1.57. The molecule has 0 aliphatic rings. The maximum atomic E-state index is 6.01. The molecular formula is C11H18ClN3O. The summed E-state index contributed by atoms with van der Waals surface area (Å²) in [5.41, 5.74) is -0.122. The van der Waals surface area contributed by atoms with Gasteiger partial charge in [-0.1, -0.05) is 13.8 Å². The molecule has 0 bridgehead atoms. The van der Waals surface area contributed by atoms with E-state index in [0.29, 0.717) is 17.6 Å². The van der Waals surface area contributed by atoms with E-state index in [1.807, 2.05) is 0 Å². The Morgan fingerprint density at radius 2 is 2.06 bits per heavy atom. The fourth-order valence-corrected chi connectivity index (χ4v) is 1.87. The first-order valence-electron chi connectivity index (χ1n) is 5.40. The van der Waals surface area contributed by atoms with Gasteiger partial charge < -0.3 is 10.1 Å². The van der Waals surface area contributed by atoms with Gasteiger partial charge in [-0.05, 0) is 12.8 Å². The third-order valence-corrected chi connectivity index (χ3v) is 3.34. The highest BCUT2D eigenvalue weighted by Gasteiger charge is 2.25. The van der Waals surface area contributed by atoms with Crippen LogP contribution in [0.2, 0.25) is 0 Å². The van der Waals surface area contributed by atoms with Crippen molar-refractivity contribution < 1.29 is 4.74 Å². The highest BCUT2D eigenvalue weighted by Crippen LogP contribution is 2.23. The number of aromatic nitrogens is 2. The number of nitrogens with one attached hydrogen (secondary N) is 1. The van der Waals surface area contributed by atoms with Crippen LogP contribution in [0, 0.1) is 0 Å². The molecule has 0 radical (unpaired) electrons. The summed E-state index contributed by atoms with van der Waals surface area (Å²) in [6, 6.07) is 0. The molecular weight excluding hydrogens is 226 g/mol. The van der Waals surface area contributed by atoms with E-state index in [1.165, 1.54) is 0 Å². The zero-order valence-corrected chi connectivity index (χ0v) is 10.7. The SMILES string of the molecule is CCC(CC)(CCl)Nc1cncc(OC)n1. The smallest absolute Gasteiger partial charge is 0.233 e. The van der Waals surface area contributed by atoms with Gasteiger partial charge in [-0.3, -0.25) is 4.98 Å². The monoisotopic (exact) mass is 243 g/mol. The number of halogens is 1. The molecule has 1 N–H and O–H groups in total. The van der Waals surface area contributed by atoms with E-state index in [-0.39, 0.29) is 5.54 Å². The zero-order valence-electron chi connectivity index (χ0n) is 9.96. The molecule has 16 heavy (non-hydrogen) atoms. The third kappa shape index (κ3) is 2.98. The van der Waals surface area contributed by atoms with Crippen LogP contribution in [0.15, 0.2) is 12.4 Å². The highest BCUT2D eigenvalue weighted by molar-refractivity contribution is 6.18. The lowest BCUT2D eigenvalue weighted by Crippen LogP contribution is -2.39. The van der Waals surface area contributed by atoms with Crippen molar-refractivity contribution in [3.63, 3.8) is 0 Å². The third-order valence-electron chi connectivity index (χ3n) is 2.82. The van der Waals surface area contributed by atoms with Gasteiger partial charge >= 0.3 is 0 Å². The maximum absolute atomic E-state index is 6.01. The average molecular weight is 244 g/mol. The Kier molecular flexibility index (Phi) is 4.80. The molecule has 0 atom stereocenters. The van der Waals surface area contributed by atoms with Crippen molar-refractivity contribution >= 4 is 17.4 Å².